The Morgan fingerprint density at radius 2 is 1.72 bits per heavy atom. The zero-order chi connectivity index (χ0) is 17.3. The summed E-state index contributed by atoms with van der Waals surface area (Å²) in [6.45, 7) is 5.27. The molecule has 4 saturated carbocycles. The fraction of sp³-hybridized carbons (Fsp3) is 0.727. The lowest BCUT2D eigenvalue weighted by molar-refractivity contribution is -0.0522. The molecule has 25 heavy (non-hydrogen) atoms. The van der Waals surface area contributed by atoms with Crippen LogP contribution in [0.3, 0.4) is 0 Å². The molecule has 0 aliphatic heterocycles. The van der Waals surface area contributed by atoms with E-state index in [-0.39, 0.29) is 5.82 Å². The molecule has 0 amide bonds. The van der Waals surface area contributed by atoms with Gasteiger partial charge in [0, 0.05) is 19.1 Å². The molecule has 4 fully saturated rings. The first-order valence-corrected chi connectivity index (χ1v) is 10.3. The van der Waals surface area contributed by atoms with E-state index in [4.69, 9.17) is 0 Å². The molecular weight excluding hydrogens is 311 g/mol. The standard InChI is InChI=1S/C22H33FN2/c1-16(14-24-7-6-20-4-2-3-5-21(20)23)25-15-22-11-17-8-18(12-22)10-19(9-17)13-22/h2-5,16-19,24-25H,6-15H2,1H3. The van der Waals surface area contributed by atoms with E-state index in [2.05, 4.69) is 17.6 Å². The van der Waals surface area contributed by atoms with Crippen LogP contribution in [0, 0.1) is 29.0 Å². The Balaban J connectivity index is 1.17. The van der Waals surface area contributed by atoms with Crippen LogP contribution in [0.15, 0.2) is 24.3 Å². The smallest absolute Gasteiger partial charge is 0.126 e. The molecule has 4 aliphatic carbocycles. The third-order valence-electron chi connectivity index (χ3n) is 6.97. The normalized spacial score (nSPS) is 34.4. The number of nitrogens with one attached hydrogen (secondary N) is 2. The average Bonchev–Trinajstić information content (AvgIpc) is 2.57. The summed E-state index contributed by atoms with van der Waals surface area (Å²) in [5.41, 5.74) is 1.42. The number of benzene rings is 1. The maximum Gasteiger partial charge on any atom is 0.126 e. The van der Waals surface area contributed by atoms with Crippen molar-refractivity contribution in [3.8, 4) is 0 Å². The van der Waals surface area contributed by atoms with Crippen molar-refractivity contribution in [1.29, 1.82) is 0 Å². The van der Waals surface area contributed by atoms with Crippen molar-refractivity contribution >= 4 is 0 Å². The van der Waals surface area contributed by atoms with Crippen LogP contribution in [0.1, 0.15) is 51.0 Å². The van der Waals surface area contributed by atoms with Gasteiger partial charge in [-0.15, -0.1) is 0 Å². The molecule has 3 heteroatoms. The number of rotatable bonds is 8. The van der Waals surface area contributed by atoms with Crippen LogP contribution in [0.2, 0.25) is 0 Å². The largest absolute Gasteiger partial charge is 0.315 e. The summed E-state index contributed by atoms with van der Waals surface area (Å²) >= 11 is 0. The molecule has 1 aromatic carbocycles. The highest BCUT2D eigenvalue weighted by Crippen LogP contribution is 2.59. The van der Waals surface area contributed by atoms with E-state index in [1.807, 2.05) is 12.1 Å². The summed E-state index contributed by atoms with van der Waals surface area (Å²) < 4.78 is 13.6. The van der Waals surface area contributed by atoms with Crippen LogP contribution in [0.4, 0.5) is 4.39 Å². The first-order valence-electron chi connectivity index (χ1n) is 10.3. The van der Waals surface area contributed by atoms with Gasteiger partial charge in [0.05, 0.1) is 0 Å². The lowest BCUT2D eigenvalue weighted by Gasteiger charge is -2.57. The quantitative estimate of drug-likeness (QED) is 0.692. The summed E-state index contributed by atoms with van der Waals surface area (Å²) in [6.07, 6.45) is 9.73. The molecule has 2 N–H and O–H groups in total. The van der Waals surface area contributed by atoms with Crippen molar-refractivity contribution in [3.63, 3.8) is 0 Å². The lowest BCUT2D eigenvalue weighted by Crippen LogP contribution is -2.52. The van der Waals surface area contributed by atoms with Gasteiger partial charge in [-0.2, -0.15) is 0 Å². The van der Waals surface area contributed by atoms with Gasteiger partial charge in [0.2, 0.25) is 0 Å². The van der Waals surface area contributed by atoms with Gasteiger partial charge in [0.25, 0.3) is 0 Å². The van der Waals surface area contributed by atoms with E-state index in [1.54, 1.807) is 12.1 Å². The van der Waals surface area contributed by atoms with Crippen LogP contribution < -0.4 is 10.6 Å². The molecule has 5 rings (SSSR count). The van der Waals surface area contributed by atoms with E-state index in [0.717, 1.165) is 42.8 Å². The topological polar surface area (TPSA) is 24.1 Å². The van der Waals surface area contributed by atoms with Crippen molar-refractivity contribution in [2.45, 2.75) is 57.9 Å². The van der Waals surface area contributed by atoms with E-state index >= 15 is 0 Å². The minimum Gasteiger partial charge on any atom is -0.315 e. The van der Waals surface area contributed by atoms with Gasteiger partial charge in [-0.3, -0.25) is 0 Å². The maximum atomic E-state index is 13.6. The highest BCUT2D eigenvalue weighted by Gasteiger charge is 2.50. The Bertz CT molecular complexity index is 550. The molecule has 4 bridgehead atoms. The summed E-state index contributed by atoms with van der Waals surface area (Å²) in [6, 6.07) is 7.57. The SMILES string of the molecule is CC(CNCCc1ccccc1F)NCC12CC3CC(CC(C3)C1)C2. The Kier molecular flexibility index (Phi) is 5.15. The lowest BCUT2D eigenvalue weighted by atomic mass is 9.49. The maximum absolute atomic E-state index is 13.6. The third kappa shape index (κ3) is 4.09. The van der Waals surface area contributed by atoms with Gasteiger partial charge in [0.15, 0.2) is 0 Å². The summed E-state index contributed by atoms with van der Waals surface area (Å²) in [5, 5.41) is 7.30. The molecule has 1 unspecified atom stereocenters. The van der Waals surface area contributed by atoms with Crippen LogP contribution in [0.25, 0.3) is 0 Å². The summed E-state index contributed by atoms with van der Waals surface area (Å²) in [4.78, 5) is 0. The molecule has 0 spiro atoms. The second kappa shape index (κ2) is 7.36. The molecule has 0 heterocycles. The molecule has 0 radical (unpaired) electrons. The molecule has 4 aliphatic rings. The minimum absolute atomic E-state index is 0.0858. The van der Waals surface area contributed by atoms with E-state index in [0.29, 0.717) is 11.5 Å². The van der Waals surface area contributed by atoms with Gasteiger partial charge in [-0.25, -0.2) is 4.39 Å². The average molecular weight is 345 g/mol. The van der Waals surface area contributed by atoms with Crippen LogP contribution in [-0.2, 0) is 6.42 Å². The molecule has 0 aromatic heterocycles. The van der Waals surface area contributed by atoms with Crippen molar-refractivity contribution in [2.24, 2.45) is 23.2 Å². The molecule has 138 valence electrons. The molecule has 2 nitrogen and oxygen atoms in total. The van der Waals surface area contributed by atoms with Crippen molar-refractivity contribution in [2.75, 3.05) is 19.6 Å². The zero-order valence-corrected chi connectivity index (χ0v) is 15.6. The number of hydrogen-bond acceptors (Lipinski definition) is 2. The predicted molar refractivity (Wildman–Crippen MR) is 101 cm³/mol. The summed E-state index contributed by atoms with van der Waals surface area (Å²) in [5.74, 6) is 3.00. The number of halogens is 1. The minimum atomic E-state index is -0.0858. The zero-order valence-electron chi connectivity index (χ0n) is 15.6. The van der Waals surface area contributed by atoms with Gasteiger partial charge in [0.1, 0.15) is 5.82 Å². The fourth-order valence-electron chi connectivity index (χ4n) is 6.21. The van der Waals surface area contributed by atoms with E-state index in [9.17, 15) is 4.39 Å². The highest BCUT2D eigenvalue weighted by atomic mass is 19.1. The number of hydrogen-bond donors (Lipinski definition) is 2. The summed E-state index contributed by atoms with van der Waals surface area (Å²) in [7, 11) is 0. The Morgan fingerprint density at radius 1 is 1.08 bits per heavy atom. The van der Waals surface area contributed by atoms with Crippen LogP contribution >= 0.6 is 0 Å². The molecule has 1 atom stereocenters. The Hall–Kier alpha value is -0.930. The second-order valence-electron chi connectivity index (χ2n) is 9.25. The van der Waals surface area contributed by atoms with Crippen LogP contribution in [-0.4, -0.2) is 25.7 Å². The van der Waals surface area contributed by atoms with Crippen molar-refractivity contribution in [1.82, 2.24) is 10.6 Å². The van der Waals surface area contributed by atoms with Gasteiger partial charge in [-0.05, 0) is 93.2 Å². The fourth-order valence-corrected chi connectivity index (χ4v) is 6.21. The molecular formula is C22H33FN2. The third-order valence-corrected chi connectivity index (χ3v) is 6.97. The second-order valence-corrected chi connectivity index (χ2v) is 9.25. The molecule has 0 saturated heterocycles. The molecule has 1 aromatic rings. The van der Waals surface area contributed by atoms with Crippen LogP contribution in [0.5, 0.6) is 0 Å². The predicted octanol–water partition coefficient (Wildman–Crippen LogP) is 4.15. The van der Waals surface area contributed by atoms with Gasteiger partial charge < -0.3 is 10.6 Å². The first kappa shape index (κ1) is 17.5. The Labute approximate surface area is 152 Å². The van der Waals surface area contributed by atoms with Gasteiger partial charge >= 0.3 is 0 Å². The van der Waals surface area contributed by atoms with Crippen molar-refractivity contribution < 1.29 is 4.39 Å². The van der Waals surface area contributed by atoms with E-state index in [1.165, 1.54) is 45.1 Å². The van der Waals surface area contributed by atoms with Gasteiger partial charge in [-0.1, -0.05) is 18.2 Å². The van der Waals surface area contributed by atoms with E-state index < -0.39 is 0 Å². The Morgan fingerprint density at radius 3 is 2.36 bits per heavy atom. The van der Waals surface area contributed by atoms with Crippen molar-refractivity contribution in [3.05, 3.63) is 35.6 Å². The highest BCUT2D eigenvalue weighted by molar-refractivity contribution is 5.17. The first-order chi connectivity index (χ1) is 12.1. The monoisotopic (exact) mass is 344 g/mol.